The van der Waals surface area contributed by atoms with Crippen LogP contribution in [-0.4, -0.2) is 27.9 Å². The molecule has 0 aliphatic heterocycles. The Labute approximate surface area is 114 Å². The SMILES string of the molecule is CNC(CCc1cccnc1)CCc1ccnn1C. The van der Waals surface area contributed by atoms with E-state index in [1.807, 2.05) is 43.4 Å². The lowest BCUT2D eigenvalue weighted by atomic mass is 10.0. The van der Waals surface area contributed by atoms with Crippen molar-refractivity contribution in [3.8, 4) is 0 Å². The van der Waals surface area contributed by atoms with E-state index in [9.17, 15) is 0 Å². The second-order valence-electron chi connectivity index (χ2n) is 4.87. The maximum Gasteiger partial charge on any atom is 0.0492 e. The van der Waals surface area contributed by atoms with Gasteiger partial charge in [-0.2, -0.15) is 5.10 Å². The zero-order valence-corrected chi connectivity index (χ0v) is 11.7. The Bertz CT molecular complexity index is 478. The predicted molar refractivity (Wildman–Crippen MR) is 76.9 cm³/mol. The van der Waals surface area contributed by atoms with Crippen molar-refractivity contribution in [2.24, 2.45) is 7.05 Å². The summed E-state index contributed by atoms with van der Waals surface area (Å²) < 4.78 is 1.95. The van der Waals surface area contributed by atoms with Crippen LogP contribution in [0.15, 0.2) is 36.8 Å². The number of nitrogens with one attached hydrogen (secondary N) is 1. The highest BCUT2D eigenvalue weighted by Gasteiger charge is 2.08. The summed E-state index contributed by atoms with van der Waals surface area (Å²) in [5, 5.41) is 7.61. The van der Waals surface area contributed by atoms with Crippen LogP contribution in [0.5, 0.6) is 0 Å². The summed E-state index contributed by atoms with van der Waals surface area (Å²) in [4.78, 5) is 4.15. The van der Waals surface area contributed by atoms with E-state index < -0.39 is 0 Å². The van der Waals surface area contributed by atoms with Gasteiger partial charge in [0.25, 0.3) is 0 Å². The summed E-state index contributed by atoms with van der Waals surface area (Å²) in [6.45, 7) is 0. The molecule has 1 unspecified atom stereocenters. The van der Waals surface area contributed by atoms with Crippen LogP contribution in [0.1, 0.15) is 24.1 Å². The Morgan fingerprint density at radius 3 is 2.68 bits per heavy atom. The van der Waals surface area contributed by atoms with E-state index in [4.69, 9.17) is 0 Å². The van der Waals surface area contributed by atoms with Crippen LogP contribution in [0.4, 0.5) is 0 Å². The molecule has 0 aliphatic carbocycles. The minimum absolute atomic E-state index is 0.537. The third-order valence-corrected chi connectivity index (χ3v) is 3.58. The van der Waals surface area contributed by atoms with Gasteiger partial charge in [-0.15, -0.1) is 0 Å². The lowest BCUT2D eigenvalue weighted by Crippen LogP contribution is -2.26. The Morgan fingerprint density at radius 2 is 2.05 bits per heavy atom. The molecule has 2 aromatic heterocycles. The first-order valence-corrected chi connectivity index (χ1v) is 6.82. The minimum atomic E-state index is 0.537. The molecule has 1 N–H and O–H groups in total. The number of nitrogens with zero attached hydrogens (tertiary/aromatic N) is 3. The second kappa shape index (κ2) is 7.04. The maximum atomic E-state index is 4.20. The third-order valence-electron chi connectivity index (χ3n) is 3.58. The molecule has 2 aromatic rings. The smallest absolute Gasteiger partial charge is 0.0492 e. The van der Waals surface area contributed by atoms with Gasteiger partial charge in [-0.05, 0) is 50.4 Å². The van der Waals surface area contributed by atoms with E-state index in [1.54, 1.807) is 0 Å². The molecule has 2 rings (SSSR count). The van der Waals surface area contributed by atoms with Crippen LogP contribution in [0.3, 0.4) is 0 Å². The van der Waals surface area contributed by atoms with Crippen molar-refractivity contribution in [1.29, 1.82) is 0 Å². The van der Waals surface area contributed by atoms with Crippen LogP contribution < -0.4 is 5.32 Å². The van der Waals surface area contributed by atoms with E-state index in [-0.39, 0.29) is 0 Å². The number of pyridine rings is 1. The fraction of sp³-hybridized carbons (Fsp3) is 0.467. The fourth-order valence-electron chi connectivity index (χ4n) is 2.29. The quantitative estimate of drug-likeness (QED) is 0.825. The van der Waals surface area contributed by atoms with Gasteiger partial charge in [0.2, 0.25) is 0 Å². The fourth-order valence-corrected chi connectivity index (χ4v) is 2.29. The number of aromatic nitrogens is 3. The van der Waals surface area contributed by atoms with Crippen LogP contribution in [0.2, 0.25) is 0 Å². The molecule has 0 aliphatic rings. The topological polar surface area (TPSA) is 42.7 Å². The highest BCUT2D eigenvalue weighted by Crippen LogP contribution is 2.09. The van der Waals surface area contributed by atoms with Crippen molar-refractivity contribution in [2.75, 3.05) is 7.05 Å². The molecule has 0 bridgehead atoms. The molecule has 1 atom stereocenters. The molecule has 0 spiro atoms. The van der Waals surface area contributed by atoms with E-state index in [0.29, 0.717) is 6.04 Å². The Morgan fingerprint density at radius 1 is 1.21 bits per heavy atom. The van der Waals surface area contributed by atoms with E-state index >= 15 is 0 Å². The van der Waals surface area contributed by atoms with E-state index in [1.165, 1.54) is 11.3 Å². The lowest BCUT2D eigenvalue weighted by Gasteiger charge is -2.16. The first kappa shape index (κ1) is 13.7. The highest BCUT2D eigenvalue weighted by molar-refractivity contribution is 5.08. The van der Waals surface area contributed by atoms with Gasteiger partial charge in [0.1, 0.15) is 0 Å². The van der Waals surface area contributed by atoms with Crippen LogP contribution in [0.25, 0.3) is 0 Å². The Hall–Kier alpha value is -1.68. The number of aryl methyl sites for hydroxylation is 3. The number of rotatable bonds is 7. The maximum absolute atomic E-state index is 4.20. The standard InChI is InChI=1S/C15H22N4/c1-16-14(6-5-13-4-3-10-17-12-13)7-8-15-9-11-18-19(15)2/h3-4,9-12,14,16H,5-8H2,1-2H3. The molecule has 0 saturated carbocycles. The van der Waals surface area contributed by atoms with Gasteiger partial charge in [0, 0.05) is 37.4 Å². The largest absolute Gasteiger partial charge is 0.317 e. The van der Waals surface area contributed by atoms with Gasteiger partial charge >= 0.3 is 0 Å². The van der Waals surface area contributed by atoms with Gasteiger partial charge in [0.05, 0.1) is 0 Å². The molecule has 4 heteroatoms. The van der Waals surface area contributed by atoms with Gasteiger partial charge in [-0.1, -0.05) is 6.07 Å². The van der Waals surface area contributed by atoms with Gasteiger partial charge in [-0.25, -0.2) is 0 Å². The summed E-state index contributed by atoms with van der Waals surface area (Å²) >= 11 is 0. The molecule has 0 fully saturated rings. The first-order valence-electron chi connectivity index (χ1n) is 6.82. The molecule has 4 nitrogen and oxygen atoms in total. The van der Waals surface area contributed by atoms with Crippen molar-refractivity contribution in [3.63, 3.8) is 0 Å². The molecule has 2 heterocycles. The monoisotopic (exact) mass is 258 g/mol. The molecule has 0 radical (unpaired) electrons. The molecule has 0 saturated heterocycles. The predicted octanol–water partition coefficient (Wildman–Crippen LogP) is 1.97. The summed E-state index contributed by atoms with van der Waals surface area (Å²) in [6.07, 6.45) is 10.0. The lowest BCUT2D eigenvalue weighted by molar-refractivity contribution is 0.482. The van der Waals surface area contributed by atoms with Crippen molar-refractivity contribution >= 4 is 0 Å². The summed E-state index contributed by atoms with van der Waals surface area (Å²) in [6, 6.07) is 6.77. The molecular weight excluding hydrogens is 236 g/mol. The summed E-state index contributed by atoms with van der Waals surface area (Å²) in [5.74, 6) is 0. The molecule has 102 valence electrons. The van der Waals surface area contributed by atoms with E-state index in [0.717, 1.165) is 25.7 Å². The minimum Gasteiger partial charge on any atom is -0.317 e. The van der Waals surface area contributed by atoms with Crippen molar-refractivity contribution in [2.45, 2.75) is 31.7 Å². The summed E-state index contributed by atoms with van der Waals surface area (Å²) in [7, 11) is 4.04. The number of hydrogen-bond donors (Lipinski definition) is 1. The average molecular weight is 258 g/mol. The van der Waals surface area contributed by atoms with Gasteiger partial charge in [0.15, 0.2) is 0 Å². The second-order valence-corrected chi connectivity index (χ2v) is 4.87. The first-order chi connectivity index (χ1) is 9.29. The Kier molecular flexibility index (Phi) is 5.10. The normalized spacial score (nSPS) is 12.5. The third kappa shape index (κ3) is 4.17. The molecular formula is C15H22N4. The van der Waals surface area contributed by atoms with Gasteiger partial charge in [-0.3, -0.25) is 9.67 Å². The zero-order chi connectivity index (χ0) is 13.5. The number of hydrogen-bond acceptors (Lipinski definition) is 3. The van der Waals surface area contributed by atoms with Crippen LogP contribution in [-0.2, 0) is 19.9 Å². The Balaban J connectivity index is 1.79. The van der Waals surface area contributed by atoms with Crippen LogP contribution >= 0.6 is 0 Å². The van der Waals surface area contributed by atoms with Gasteiger partial charge < -0.3 is 5.32 Å². The van der Waals surface area contributed by atoms with E-state index in [2.05, 4.69) is 27.5 Å². The zero-order valence-electron chi connectivity index (χ0n) is 11.7. The highest BCUT2D eigenvalue weighted by atomic mass is 15.2. The van der Waals surface area contributed by atoms with Crippen molar-refractivity contribution < 1.29 is 0 Å². The molecule has 19 heavy (non-hydrogen) atoms. The molecule has 0 amide bonds. The summed E-state index contributed by atoms with van der Waals surface area (Å²) in [5.41, 5.74) is 2.60. The van der Waals surface area contributed by atoms with Crippen LogP contribution in [0, 0.1) is 0 Å². The van der Waals surface area contributed by atoms with Crippen molar-refractivity contribution in [1.82, 2.24) is 20.1 Å². The molecule has 0 aromatic carbocycles. The average Bonchev–Trinajstić information content (AvgIpc) is 2.86. The van der Waals surface area contributed by atoms with Crippen molar-refractivity contribution in [3.05, 3.63) is 48.0 Å².